The second kappa shape index (κ2) is 6.23. The zero-order chi connectivity index (χ0) is 20.3. The fourth-order valence-electron chi connectivity index (χ4n) is 6.71. The third-order valence-corrected chi connectivity index (χ3v) is 7.31. The maximum absolute atomic E-state index is 13.4. The molecule has 4 aliphatic rings. The van der Waals surface area contributed by atoms with Crippen molar-refractivity contribution in [2.24, 2.45) is 11.8 Å². The zero-order valence-corrected chi connectivity index (χ0v) is 16.9. The molecule has 0 aliphatic heterocycles. The van der Waals surface area contributed by atoms with E-state index in [9.17, 15) is 4.79 Å². The lowest BCUT2D eigenvalue weighted by atomic mass is 9.50. The van der Waals surface area contributed by atoms with Crippen LogP contribution in [0.15, 0.2) is 36.7 Å². The number of methoxy groups -OCH3 is 1. The Bertz CT molecular complexity index is 1110. The average molecular weight is 404 g/mol. The lowest BCUT2D eigenvalue weighted by Crippen LogP contribution is -2.66. The number of nitrogens with one attached hydrogen (secondary N) is 1. The Labute approximate surface area is 174 Å². The topological polar surface area (TPSA) is 94.8 Å². The number of tetrazole rings is 1. The molecule has 1 aromatic carbocycles. The number of benzene rings is 1. The average Bonchev–Trinajstić information content (AvgIpc) is 3.27. The van der Waals surface area contributed by atoms with Gasteiger partial charge < -0.3 is 10.1 Å². The highest BCUT2D eigenvalue weighted by Crippen LogP contribution is 2.60. The number of fused-ring (bicyclic) bond motifs is 1. The number of rotatable bonds is 4. The van der Waals surface area contributed by atoms with Gasteiger partial charge in [-0.3, -0.25) is 4.79 Å². The van der Waals surface area contributed by atoms with Crippen molar-refractivity contribution >= 4 is 16.8 Å². The fraction of sp³-hybridized carbons (Fsp3) is 0.500. The first-order valence-electron chi connectivity index (χ1n) is 10.6. The van der Waals surface area contributed by atoms with Crippen LogP contribution in [-0.4, -0.2) is 43.7 Å². The smallest absolute Gasteiger partial charge is 0.270 e. The third-order valence-electron chi connectivity index (χ3n) is 7.31. The van der Waals surface area contributed by atoms with E-state index in [1.807, 2.05) is 29.1 Å². The molecule has 0 spiro atoms. The molecule has 2 unspecified atom stereocenters. The van der Waals surface area contributed by atoms with Crippen molar-refractivity contribution in [2.45, 2.75) is 49.6 Å². The van der Waals surface area contributed by atoms with Crippen molar-refractivity contribution in [3.05, 3.63) is 42.4 Å². The molecule has 30 heavy (non-hydrogen) atoms. The van der Waals surface area contributed by atoms with Gasteiger partial charge in [0.25, 0.3) is 5.91 Å². The van der Waals surface area contributed by atoms with E-state index in [1.54, 1.807) is 13.2 Å². The minimum atomic E-state index is -0.241. The quantitative estimate of drug-likeness (QED) is 0.718. The number of carbonyl (C=O) groups excluding carboxylic acids is 1. The number of carbonyl (C=O) groups is 1. The molecule has 0 saturated heterocycles. The van der Waals surface area contributed by atoms with Crippen LogP contribution in [0.1, 0.15) is 49.0 Å². The maximum Gasteiger partial charge on any atom is 0.270 e. The Morgan fingerprint density at radius 2 is 2.00 bits per heavy atom. The molecule has 8 nitrogen and oxygen atoms in total. The van der Waals surface area contributed by atoms with Crippen molar-refractivity contribution < 1.29 is 9.53 Å². The van der Waals surface area contributed by atoms with Crippen molar-refractivity contribution in [3.63, 3.8) is 0 Å². The van der Waals surface area contributed by atoms with Gasteiger partial charge in [0.05, 0.1) is 18.2 Å². The molecule has 4 fully saturated rings. The molecule has 1 N–H and O–H groups in total. The first kappa shape index (κ1) is 17.8. The molecule has 4 saturated carbocycles. The van der Waals surface area contributed by atoms with Gasteiger partial charge in [0.1, 0.15) is 11.4 Å². The largest absolute Gasteiger partial charge is 0.496 e. The van der Waals surface area contributed by atoms with Crippen molar-refractivity contribution in [3.8, 4) is 5.75 Å². The van der Waals surface area contributed by atoms with E-state index in [0.717, 1.165) is 43.0 Å². The molecule has 154 valence electrons. The lowest BCUT2D eigenvalue weighted by Gasteiger charge is -2.61. The third kappa shape index (κ3) is 2.62. The number of hydrogen-bond donors (Lipinski definition) is 1. The Morgan fingerprint density at radius 3 is 2.73 bits per heavy atom. The molecule has 3 aromatic rings. The van der Waals surface area contributed by atoms with E-state index < -0.39 is 0 Å². The SMILES string of the molecule is COc1cc(C(=O)NC23CC4CC(C2)CC(n2ncnn2)(C4)C3)nc2ccccc12. The Balaban J connectivity index is 1.34. The van der Waals surface area contributed by atoms with Gasteiger partial charge in [-0.05, 0) is 67.7 Å². The van der Waals surface area contributed by atoms with Gasteiger partial charge >= 0.3 is 0 Å². The van der Waals surface area contributed by atoms with Crippen molar-refractivity contribution in [1.82, 2.24) is 30.5 Å². The zero-order valence-electron chi connectivity index (χ0n) is 16.9. The van der Waals surface area contributed by atoms with Crippen LogP contribution in [0, 0.1) is 11.8 Å². The van der Waals surface area contributed by atoms with E-state index in [0.29, 0.717) is 23.3 Å². The Morgan fingerprint density at radius 1 is 1.20 bits per heavy atom. The van der Waals surface area contributed by atoms with Crippen LogP contribution >= 0.6 is 0 Å². The van der Waals surface area contributed by atoms with Crippen LogP contribution in [0.3, 0.4) is 0 Å². The van der Waals surface area contributed by atoms with Gasteiger partial charge in [-0.25, -0.2) is 4.98 Å². The minimum absolute atomic E-state index is 0.136. The molecule has 4 aliphatic carbocycles. The summed E-state index contributed by atoms with van der Waals surface area (Å²) in [5.41, 5.74) is 0.780. The number of hydrogen-bond acceptors (Lipinski definition) is 6. The molecule has 4 bridgehead atoms. The van der Waals surface area contributed by atoms with Crippen LogP contribution in [0.5, 0.6) is 5.75 Å². The molecule has 2 atom stereocenters. The normalized spacial score (nSPS) is 31.8. The number of amides is 1. The monoisotopic (exact) mass is 404 g/mol. The van der Waals surface area contributed by atoms with Gasteiger partial charge in [0.2, 0.25) is 0 Å². The fourth-order valence-corrected chi connectivity index (χ4v) is 6.71. The number of pyridine rings is 1. The number of nitrogens with zero attached hydrogens (tertiary/aromatic N) is 5. The van der Waals surface area contributed by atoms with E-state index in [1.165, 1.54) is 12.7 Å². The van der Waals surface area contributed by atoms with Crippen LogP contribution in [-0.2, 0) is 5.54 Å². The standard InChI is InChI=1S/C22H24N6O2/c1-30-19-7-18(25-17-5-3-2-4-16(17)19)20(29)26-21-8-14-6-15(9-21)11-22(10-14,12-21)28-24-13-23-27-28/h2-5,7,13-15H,6,8-12H2,1H3,(H,26,29). The highest BCUT2D eigenvalue weighted by molar-refractivity contribution is 5.97. The van der Waals surface area contributed by atoms with Crippen LogP contribution in [0.4, 0.5) is 0 Å². The summed E-state index contributed by atoms with van der Waals surface area (Å²) < 4.78 is 5.53. The number of aromatic nitrogens is 5. The first-order valence-corrected chi connectivity index (χ1v) is 10.6. The second-order valence-electron chi connectivity index (χ2n) is 9.37. The Kier molecular flexibility index (Phi) is 3.70. The van der Waals surface area contributed by atoms with Crippen LogP contribution in [0.25, 0.3) is 10.9 Å². The summed E-state index contributed by atoms with van der Waals surface area (Å²) in [6.07, 6.45) is 7.75. The predicted molar refractivity (Wildman–Crippen MR) is 109 cm³/mol. The summed E-state index contributed by atoms with van der Waals surface area (Å²) in [6, 6.07) is 9.47. The molecule has 1 amide bonds. The van der Waals surface area contributed by atoms with Gasteiger partial charge in [0, 0.05) is 17.0 Å². The van der Waals surface area contributed by atoms with Gasteiger partial charge in [-0.15, -0.1) is 10.2 Å². The summed E-state index contributed by atoms with van der Waals surface area (Å²) in [7, 11) is 1.62. The highest BCUT2D eigenvalue weighted by atomic mass is 16.5. The van der Waals surface area contributed by atoms with Crippen LogP contribution in [0.2, 0.25) is 0 Å². The summed E-state index contributed by atoms with van der Waals surface area (Å²) in [5, 5.41) is 16.9. The number of para-hydroxylation sites is 1. The van der Waals surface area contributed by atoms with Crippen molar-refractivity contribution in [2.75, 3.05) is 7.11 Å². The summed E-state index contributed by atoms with van der Waals surface area (Å²) >= 11 is 0. The van der Waals surface area contributed by atoms with E-state index >= 15 is 0 Å². The van der Waals surface area contributed by atoms with E-state index in [4.69, 9.17) is 4.74 Å². The minimum Gasteiger partial charge on any atom is -0.496 e. The van der Waals surface area contributed by atoms with Crippen molar-refractivity contribution in [1.29, 1.82) is 0 Å². The van der Waals surface area contributed by atoms with E-state index in [-0.39, 0.29) is 17.0 Å². The molecule has 0 radical (unpaired) electrons. The summed E-state index contributed by atoms with van der Waals surface area (Å²) in [4.78, 5) is 19.8. The second-order valence-corrected chi connectivity index (χ2v) is 9.37. The van der Waals surface area contributed by atoms with Gasteiger partial charge in [0.15, 0.2) is 6.33 Å². The highest BCUT2D eigenvalue weighted by Gasteiger charge is 2.60. The van der Waals surface area contributed by atoms with Gasteiger partial charge in [-0.1, -0.05) is 12.1 Å². The number of ether oxygens (including phenoxy) is 1. The van der Waals surface area contributed by atoms with Gasteiger partial charge in [-0.2, -0.15) is 4.80 Å². The first-order chi connectivity index (χ1) is 14.6. The summed E-state index contributed by atoms with van der Waals surface area (Å²) in [6.45, 7) is 0. The molecular formula is C22H24N6O2. The predicted octanol–water partition coefficient (Wildman–Crippen LogP) is 2.71. The Hall–Kier alpha value is -3.03. The maximum atomic E-state index is 13.4. The van der Waals surface area contributed by atoms with E-state index in [2.05, 4.69) is 25.7 Å². The summed E-state index contributed by atoms with van der Waals surface area (Å²) in [5.74, 6) is 1.69. The lowest BCUT2D eigenvalue weighted by molar-refractivity contribution is -0.0811. The van der Waals surface area contributed by atoms with Crippen LogP contribution < -0.4 is 10.1 Å². The molecule has 7 rings (SSSR count). The molecule has 2 heterocycles. The molecule has 2 aromatic heterocycles. The molecular weight excluding hydrogens is 380 g/mol. The molecule has 8 heteroatoms.